The number of aliphatic hydroxyl groups excluding tert-OH is 1. The molecule has 0 aromatic carbocycles. The highest BCUT2D eigenvalue weighted by atomic mass is 16.3. The Labute approximate surface area is 69.0 Å². The lowest BCUT2D eigenvalue weighted by Crippen LogP contribution is -2.49. The van der Waals surface area contributed by atoms with Gasteiger partial charge in [-0.3, -0.25) is 0 Å². The largest absolute Gasteiger partial charge is 0.395 e. The van der Waals surface area contributed by atoms with Crippen LogP contribution in [0.25, 0.3) is 0 Å². The predicted octanol–water partition coefficient (Wildman–Crippen LogP) is 0.859. The Hall–Kier alpha value is -0.0800. The van der Waals surface area contributed by atoms with Crippen LogP contribution in [0.2, 0.25) is 0 Å². The van der Waals surface area contributed by atoms with Crippen LogP contribution in [0.15, 0.2) is 0 Å². The van der Waals surface area contributed by atoms with Crippen LogP contribution in [-0.4, -0.2) is 24.3 Å². The molecule has 2 nitrogen and oxygen atoms in total. The van der Waals surface area contributed by atoms with Gasteiger partial charge in [0.25, 0.3) is 0 Å². The molecule has 11 heavy (non-hydrogen) atoms. The maximum atomic E-state index is 9.00. The van der Waals surface area contributed by atoms with Crippen LogP contribution in [0.3, 0.4) is 0 Å². The van der Waals surface area contributed by atoms with Crippen LogP contribution in [0.5, 0.6) is 0 Å². The van der Waals surface area contributed by atoms with E-state index < -0.39 is 0 Å². The summed E-state index contributed by atoms with van der Waals surface area (Å²) in [6.07, 6.45) is 0. The molecule has 2 N–H and O–H groups in total. The van der Waals surface area contributed by atoms with Crippen molar-refractivity contribution >= 4 is 0 Å². The molecule has 0 spiro atoms. The summed E-state index contributed by atoms with van der Waals surface area (Å²) in [6, 6.07) is 0.321. The maximum Gasteiger partial charge on any atom is 0.0587 e. The molecule has 1 aliphatic heterocycles. The van der Waals surface area contributed by atoms with Gasteiger partial charge in [0.1, 0.15) is 0 Å². The Morgan fingerprint density at radius 1 is 1.27 bits per heavy atom. The maximum absolute atomic E-state index is 9.00. The Morgan fingerprint density at radius 3 is 2.45 bits per heavy atom. The summed E-state index contributed by atoms with van der Waals surface area (Å²) >= 11 is 0. The molecule has 0 radical (unpaired) electrons. The first-order chi connectivity index (χ1) is 5.16. The van der Waals surface area contributed by atoms with Crippen molar-refractivity contribution in [2.45, 2.75) is 26.8 Å². The van der Waals surface area contributed by atoms with Crippen molar-refractivity contribution in [3.63, 3.8) is 0 Å². The molecule has 1 saturated heterocycles. The van der Waals surface area contributed by atoms with Gasteiger partial charge in [0.2, 0.25) is 0 Å². The van der Waals surface area contributed by atoms with E-state index in [0.29, 0.717) is 12.0 Å². The molecule has 4 atom stereocenters. The highest BCUT2D eigenvalue weighted by Gasteiger charge is 2.30. The third-order valence-electron chi connectivity index (χ3n) is 3.26. The van der Waals surface area contributed by atoms with Gasteiger partial charge >= 0.3 is 0 Å². The number of rotatable bonds is 1. The van der Waals surface area contributed by atoms with Crippen LogP contribution in [0.1, 0.15) is 20.8 Å². The second-order valence-corrected chi connectivity index (χ2v) is 3.89. The molecule has 2 heteroatoms. The standard InChI is InChI=1S/C9H19NO/c1-6-4-10-9(5-11)8(3)7(6)2/h6-11H,4-5H2,1-3H3/t6-,7+,8-,9+/m0/s1. The van der Waals surface area contributed by atoms with Gasteiger partial charge in [-0.05, 0) is 24.3 Å². The van der Waals surface area contributed by atoms with Crippen LogP contribution in [0.4, 0.5) is 0 Å². The fourth-order valence-electron chi connectivity index (χ4n) is 1.82. The van der Waals surface area contributed by atoms with Gasteiger partial charge in [-0.15, -0.1) is 0 Å². The van der Waals surface area contributed by atoms with E-state index in [-0.39, 0.29) is 6.61 Å². The van der Waals surface area contributed by atoms with Gasteiger partial charge in [-0.25, -0.2) is 0 Å². The number of hydrogen-bond donors (Lipinski definition) is 2. The number of hydrogen-bond acceptors (Lipinski definition) is 2. The van der Waals surface area contributed by atoms with Crippen molar-refractivity contribution in [1.29, 1.82) is 0 Å². The summed E-state index contributed by atoms with van der Waals surface area (Å²) in [5, 5.41) is 12.4. The molecule has 66 valence electrons. The SMILES string of the molecule is C[C@H]1[C@H](C)[C@@H](CO)NC[C@@H]1C. The lowest BCUT2D eigenvalue weighted by atomic mass is 9.77. The quantitative estimate of drug-likeness (QED) is 0.591. The number of piperidine rings is 1. The van der Waals surface area contributed by atoms with E-state index in [9.17, 15) is 0 Å². The second-order valence-electron chi connectivity index (χ2n) is 3.89. The van der Waals surface area contributed by atoms with Crippen molar-refractivity contribution in [3.8, 4) is 0 Å². The molecular formula is C9H19NO. The first kappa shape index (κ1) is 9.01. The molecule has 0 aliphatic carbocycles. The van der Waals surface area contributed by atoms with Crippen molar-refractivity contribution in [2.24, 2.45) is 17.8 Å². The minimum absolute atomic E-state index is 0.276. The molecule has 0 amide bonds. The lowest BCUT2D eigenvalue weighted by Gasteiger charge is -2.38. The van der Waals surface area contributed by atoms with E-state index in [1.165, 1.54) is 0 Å². The van der Waals surface area contributed by atoms with Crippen molar-refractivity contribution in [1.82, 2.24) is 5.32 Å². The van der Waals surface area contributed by atoms with Crippen LogP contribution < -0.4 is 5.32 Å². The molecule has 0 aromatic rings. The molecule has 0 unspecified atom stereocenters. The van der Waals surface area contributed by atoms with Gasteiger partial charge in [0.15, 0.2) is 0 Å². The zero-order chi connectivity index (χ0) is 8.43. The van der Waals surface area contributed by atoms with Crippen LogP contribution >= 0.6 is 0 Å². The average molecular weight is 157 g/mol. The van der Waals surface area contributed by atoms with E-state index in [4.69, 9.17) is 5.11 Å². The monoisotopic (exact) mass is 157 g/mol. The molecule has 1 heterocycles. The van der Waals surface area contributed by atoms with Crippen LogP contribution in [0, 0.1) is 17.8 Å². The molecular weight excluding hydrogens is 138 g/mol. The lowest BCUT2D eigenvalue weighted by molar-refractivity contribution is 0.109. The molecule has 1 aliphatic rings. The van der Waals surface area contributed by atoms with E-state index in [2.05, 4.69) is 26.1 Å². The highest BCUT2D eigenvalue weighted by molar-refractivity contribution is 4.85. The van der Waals surface area contributed by atoms with Crippen molar-refractivity contribution in [3.05, 3.63) is 0 Å². The Bertz CT molecular complexity index is 125. The summed E-state index contributed by atoms with van der Waals surface area (Å²) in [5.74, 6) is 2.07. The normalized spacial score (nSPS) is 45.8. The van der Waals surface area contributed by atoms with Gasteiger partial charge in [-0.1, -0.05) is 20.8 Å². The summed E-state index contributed by atoms with van der Waals surface area (Å²) in [5.41, 5.74) is 0. The fraction of sp³-hybridized carbons (Fsp3) is 1.00. The zero-order valence-corrected chi connectivity index (χ0v) is 7.67. The van der Waals surface area contributed by atoms with Gasteiger partial charge in [-0.2, -0.15) is 0 Å². The first-order valence-electron chi connectivity index (χ1n) is 4.51. The summed E-state index contributed by atoms with van der Waals surface area (Å²) < 4.78 is 0. The number of nitrogens with one attached hydrogen (secondary N) is 1. The molecule has 1 rings (SSSR count). The molecule has 1 fully saturated rings. The van der Waals surface area contributed by atoms with E-state index >= 15 is 0 Å². The zero-order valence-electron chi connectivity index (χ0n) is 7.67. The third kappa shape index (κ3) is 1.74. The Kier molecular flexibility index (Phi) is 2.90. The van der Waals surface area contributed by atoms with Gasteiger partial charge in [0, 0.05) is 6.04 Å². The smallest absolute Gasteiger partial charge is 0.0587 e. The fourth-order valence-corrected chi connectivity index (χ4v) is 1.82. The topological polar surface area (TPSA) is 32.3 Å². The first-order valence-corrected chi connectivity index (χ1v) is 4.51. The molecule has 0 bridgehead atoms. The highest BCUT2D eigenvalue weighted by Crippen LogP contribution is 2.26. The summed E-state index contributed by atoms with van der Waals surface area (Å²) in [7, 11) is 0. The third-order valence-corrected chi connectivity index (χ3v) is 3.26. The minimum atomic E-state index is 0.276. The summed E-state index contributed by atoms with van der Waals surface area (Å²) in [4.78, 5) is 0. The van der Waals surface area contributed by atoms with Gasteiger partial charge in [0.05, 0.1) is 6.61 Å². The van der Waals surface area contributed by atoms with Crippen LogP contribution in [-0.2, 0) is 0 Å². The Morgan fingerprint density at radius 2 is 1.91 bits per heavy atom. The molecule has 0 saturated carbocycles. The minimum Gasteiger partial charge on any atom is -0.395 e. The molecule has 0 aromatic heterocycles. The van der Waals surface area contributed by atoms with Crippen molar-refractivity contribution in [2.75, 3.05) is 13.2 Å². The van der Waals surface area contributed by atoms with Gasteiger partial charge < -0.3 is 10.4 Å². The predicted molar refractivity (Wildman–Crippen MR) is 46.4 cm³/mol. The average Bonchev–Trinajstić information content (AvgIpc) is 2.01. The van der Waals surface area contributed by atoms with Crippen molar-refractivity contribution < 1.29 is 5.11 Å². The Balaban J connectivity index is 2.52. The number of aliphatic hydroxyl groups is 1. The second kappa shape index (κ2) is 3.55. The van der Waals surface area contributed by atoms with E-state index in [1.54, 1.807) is 0 Å². The summed E-state index contributed by atoms with van der Waals surface area (Å²) in [6.45, 7) is 8.09. The van der Waals surface area contributed by atoms with E-state index in [0.717, 1.165) is 18.4 Å². The van der Waals surface area contributed by atoms with E-state index in [1.807, 2.05) is 0 Å².